The van der Waals surface area contributed by atoms with Crippen LogP contribution in [0.4, 0.5) is 10.6 Å². The van der Waals surface area contributed by atoms with Gasteiger partial charge in [-0.3, -0.25) is 10.1 Å². The zero-order valence-corrected chi connectivity index (χ0v) is 12.8. The van der Waals surface area contributed by atoms with Crippen molar-refractivity contribution in [2.45, 2.75) is 19.8 Å². The lowest BCUT2D eigenvalue weighted by Crippen LogP contribution is -2.37. The van der Waals surface area contributed by atoms with Gasteiger partial charge in [0.1, 0.15) is 5.82 Å². The predicted molar refractivity (Wildman–Crippen MR) is 80.8 cm³/mol. The van der Waals surface area contributed by atoms with E-state index in [1.165, 1.54) is 4.90 Å². The highest BCUT2D eigenvalue weighted by Crippen LogP contribution is 2.30. The van der Waals surface area contributed by atoms with Gasteiger partial charge >= 0.3 is 12.0 Å². The number of carbonyl (C=O) groups is 2. The van der Waals surface area contributed by atoms with Crippen molar-refractivity contribution in [2.24, 2.45) is 5.41 Å². The van der Waals surface area contributed by atoms with Gasteiger partial charge in [0, 0.05) is 26.4 Å². The van der Waals surface area contributed by atoms with Crippen LogP contribution in [0.15, 0.2) is 18.3 Å². The lowest BCUT2D eigenvalue weighted by Gasteiger charge is -2.20. The first kappa shape index (κ1) is 16.2. The molecule has 1 saturated heterocycles. The number of carboxylic acids is 1. The highest BCUT2D eigenvalue weighted by atomic mass is 16.5. The molecule has 1 aromatic rings. The molecule has 1 unspecified atom stereocenters. The van der Waals surface area contributed by atoms with Crippen molar-refractivity contribution < 1.29 is 19.4 Å². The Morgan fingerprint density at radius 2 is 2.32 bits per heavy atom. The summed E-state index contributed by atoms with van der Waals surface area (Å²) in [5, 5.41) is 11.9. The van der Waals surface area contributed by atoms with E-state index < -0.39 is 11.4 Å². The summed E-state index contributed by atoms with van der Waals surface area (Å²) in [5.41, 5.74) is 0.148. The molecule has 0 radical (unpaired) electrons. The summed E-state index contributed by atoms with van der Waals surface area (Å²) in [7, 11) is 1.64. The van der Waals surface area contributed by atoms with Crippen molar-refractivity contribution in [3.63, 3.8) is 0 Å². The van der Waals surface area contributed by atoms with Gasteiger partial charge < -0.3 is 14.7 Å². The first-order valence-electron chi connectivity index (χ1n) is 7.18. The number of likely N-dealkylation sites (tertiary alicyclic amines) is 1. The van der Waals surface area contributed by atoms with E-state index in [9.17, 15) is 14.7 Å². The van der Waals surface area contributed by atoms with Crippen LogP contribution in [0.1, 0.15) is 18.9 Å². The van der Waals surface area contributed by atoms with Crippen LogP contribution in [0.25, 0.3) is 0 Å². The van der Waals surface area contributed by atoms with E-state index in [1.54, 1.807) is 26.3 Å². The van der Waals surface area contributed by atoms with Crippen LogP contribution in [0.2, 0.25) is 0 Å². The molecule has 1 aliphatic heterocycles. The van der Waals surface area contributed by atoms with Crippen molar-refractivity contribution in [3.05, 3.63) is 23.9 Å². The van der Waals surface area contributed by atoms with E-state index >= 15 is 0 Å². The fourth-order valence-electron chi connectivity index (χ4n) is 2.42. The second-order valence-corrected chi connectivity index (χ2v) is 5.76. The standard InChI is InChI=1S/C15H21N3O4/c1-15(13(19)20)5-7-18(10-15)14(21)17-12-9-11(3-6-16-12)4-8-22-2/h3,6,9H,4-5,7-8,10H2,1-2H3,(H,19,20)(H,16,17,21). The van der Waals surface area contributed by atoms with Crippen LogP contribution in [-0.2, 0) is 16.0 Å². The molecule has 2 heterocycles. The number of hydrogen-bond donors (Lipinski definition) is 2. The van der Waals surface area contributed by atoms with Crippen LogP contribution < -0.4 is 5.32 Å². The maximum atomic E-state index is 12.2. The third-order valence-electron chi connectivity index (χ3n) is 3.93. The van der Waals surface area contributed by atoms with E-state index in [1.807, 2.05) is 6.07 Å². The molecule has 7 nitrogen and oxygen atoms in total. The number of ether oxygens (including phenoxy) is 1. The van der Waals surface area contributed by atoms with Gasteiger partial charge in [-0.2, -0.15) is 0 Å². The highest BCUT2D eigenvalue weighted by molar-refractivity contribution is 5.89. The van der Waals surface area contributed by atoms with E-state index in [2.05, 4.69) is 10.3 Å². The number of hydrogen-bond acceptors (Lipinski definition) is 4. The van der Waals surface area contributed by atoms with E-state index in [-0.39, 0.29) is 12.6 Å². The Morgan fingerprint density at radius 3 is 2.95 bits per heavy atom. The van der Waals surface area contributed by atoms with Crippen LogP contribution in [0, 0.1) is 5.41 Å². The topological polar surface area (TPSA) is 91.8 Å². The minimum Gasteiger partial charge on any atom is -0.481 e. The van der Waals surface area contributed by atoms with Gasteiger partial charge in [0.15, 0.2) is 0 Å². The lowest BCUT2D eigenvalue weighted by atomic mass is 9.90. The average Bonchev–Trinajstić information content (AvgIpc) is 2.90. The number of carboxylic acid groups (broad SMARTS) is 1. The Balaban J connectivity index is 1.96. The molecule has 7 heteroatoms. The fraction of sp³-hybridized carbons (Fsp3) is 0.533. The summed E-state index contributed by atoms with van der Waals surface area (Å²) in [6.45, 7) is 2.89. The number of aliphatic carboxylic acids is 1. The molecule has 1 aromatic heterocycles. The monoisotopic (exact) mass is 307 g/mol. The van der Waals surface area contributed by atoms with Crippen LogP contribution in [0.5, 0.6) is 0 Å². The first-order valence-corrected chi connectivity index (χ1v) is 7.18. The number of anilines is 1. The summed E-state index contributed by atoms with van der Waals surface area (Å²) in [6, 6.07) is 3.34. The van der Waals surface area contributed by atoms with Gasteiger partial charge in [-0.15, -0.1) is 0 Å². The molecule has 22 heavy (non-hydrogen) atoms. The normalized spacial score (nSPS) is 20.9. The maximum Gasteiger partial charge on any atom is 0.323 e. The summed E-state index contributed by atoms with van der Waals surface area (Å²) in [4.78, 5) is 29.0. The Hall–Kier alpha value is -2.15. The zero-order chi connectivity index (χ0) is 16.2. The summed E-state index contributed by atoms with van der Waals surface area (Å²) in [6.07, 6.45) is 2.83. The summed E-state index contributed by atoms with van der Waals surface area (Å²) >= 11 is 0. The van der Waals surface area contributed by atoms with Crippen LogP contribution in [-0.4, -0.2) is 53.8 Å². The summed E-state index contributed by atoms with van der Waals surface area (Å²) in [5.74, 6) is -0.412. The van der Waals surface area contributed by atoms with Crippen LogP contribution >= 0.6 is 0 Å². The smallest absolute Gasteiger partial charge is 0.323 e. The molecule has 120 valence electrons. The van der Waals surface area contributed by atoms with Gasteiger partial charge in [0.2, 0.25) is 0 Å². The molecular formula is C15H21N3O4. The SMILES string of the molecule is COCCc1ccnc(NC(=O)N2CCC(C)(C(=O)O)C2)c1. The zero-order valence-electron chi connectivity index (χ0n) is 12.8. The largest absolute Gasteiger partial charge is 0.481 e. The van der Waals surface area contributed by atoms with Gasteiger partial charge in [0.05, 0.1) is 12.0 Å². The molecule has 2 N–H and O–H groups in total. The maximum absolute atomic E-state index is 12.2. The highest BCUT2D eigenvalue weighted by Gasteiger charge is 2.42. The van der Waals surface area contributed by atoms with E-state index in [0.29, 0.717) is 25.4 Å². The number of carbonyl (C=O) groups excluding carboxylic acids is 1. The molecular weight excluding hydrogens is 286 g/mol. The number of methoxy groups -OCH3 is 1. The quantitative estimate of drug-likeness (QED) is 0.862. The Bertz CT molecular complexity index is 563. The van der Waals surface area contributed by atoms with Gasteiger partial charge in [0.25, 0.3) is 0 Å². The Kier molecular flexibility index (Phi) is 4.97. The van der Waals surface area contributed by atoms with E-state index in [4.69, 9.17) is 4.74 Å². The lowest BCUT2D eigenvalue weighted by molar-refractivity contribution is -0.146. The average molecular weight is 307 g/mol. The molecule has 1 atom stereocenters. The van der Waals surface area contributed by atoms with Crippen molar-refractivity contribution in [2.75, 3.05) is 32.1 Å². The molecule has 2 amide bonds. The van der Waals surface area contributed by atoms with Crippen molar-refractivity contribution in [3.8, 4) is 0 Å². The van der Waals surface area contributed by atoms with Crippen LogP contribution in [0.3, 0.4) is 0 Å². The van der Waals surface area contributed by atoms with Gasteiger partial charge in [-0.05, 0) is 37.5 Å². The number of nitrogens with one attached hydrogen (secondary N) is 1. The molecule has 0 aliphatic carbocycles. The molecule has 0 spiro atoms. The second kappa shape index (κ2) is 6.74. The molecule has 0 bridgehead atoms. The second-order valence-electron chi connectivity index (χ2n) is 5.76. The fourth-order valence-corrected chi connectivity index (χ4v) is 2.42. The number of rotatable bonds is 5. The Labute approximate surface area is 129 Å². The summed E-state index contributed by atoms with van der Waals surface area (Å²) < 4.78 is 5.02. The molecule has 0 saturated carbocycles. The molecule has 0 aromatic carbocycles. The van der Waals surface area contributed by atoms with E-state index in [0.717, 1.165) is 12.0 Å². The molecule has 1 fully saturated rings. The van der Waals surface area contributed by atoms with Crippen molar-refractivity contribution >= 4 is 17.8 Å². The van der Waals surface area contributed by atoms with Crippen molar-refractivity contribution in [1.82, 2.24) is 9.88 Å². The molecule has 2 rings (SSSR count). The number of urea groups is 1. The minimum absolute atomic E-state index is 0.206. The predicted octanol–water partition coefficient (Wildman–Crippen LogP) is 1.60. The van der Waals surface area contributed by atoms with Gasteiger partial charge in [-0.25, -0.2) is 9.78 Å². The molecule has 1 aliphatic rings. The van der Waals surface area contributed by atoms with Crippen molar-refractivity contribution in [1.29, 1.82) is 0 Å². The minimum atomic E-state index is -0.873. The number of nitrogens with zero attached hydrogens (tertiary/aromatic N) is 2. The Morgan fingerprint density at radius 1 is 1.55 bits per heavy atom. The number of pyridine rings is 1. The number of amides is 2. The third-order valence-corrected chi connectivity index (χ3v) is 3.93. The number of aromatic nitrogens is 1. The third kappa shape index (κ3) is 3.73. The first-order chi connectivity index (χ1) is 10.4. The van der Waals surface area contributed by atoms with Gasteiger partial charge in [-0.1, -0.05) is 0 Å².